The summed E-state index contributed by atoms with van der Waals surface area (Å²) in [5, 5.41) is 0. The number of benzene rings is 1. The molecule has 0 fully saturated rings. The van der Waals surface area contributed by atoms with E-state index in [4.69, 9.17) is 0 Å². The van der Waals surface area contributed by atoms with Crippen LogP contribution in [0.15, 0.2) is 43.0 Å². The number of nitrogens with zero attached hydrogens (tertiary/aromatic N) is 2. The largest absolute Gasteiger partial charge is 0.293 e. The third-order valence-corrected chi connectivity index (χ3v) is 2.90. The highest BCUT2D eigenvalue weighted by molar-refractivity contribution is 6.29. The van der Waals surface area contributed by atoms with E-state index in [1.54, 1.807) is 24.3 Å². The molecule has 0 saturated heterocycles. The number of carbonyl (C=O) groups excluding carboxylic acids is 2. The Morgan fingerprint density at radius 2 is 1.41 bits per heavy atom. The van der Waals surface area contributed by atoms with Gasteiger partial charge < -0.3 is 0 Å². The van der Waals surface area contributed by atoms with Gasteiger partial charge >= 0.3 is 0 Å². The standard InChI is InChI=1S/C13H8N2O2/c16-12-9-3-1-2-4-10(9)13(17)11(12)8-5-14-7-15-6-8/h1-7,11H. The molecule has 1 aromatic heterocycles. The molecule has 1 aliphatic rings. The Balaban J connectivity index is 2.13. The van der Waals surface area contributed by atoms with E-state index in [0.717, 1.165) is 0 Å². The highest BCUT2D eigenvalue weighted by Gasteiger charge is 2.39. The van der Waals surface area contributed by atoms with Crippen LogP contribution in [0.3, 0.4) is 0 Å². The molecule has 1 aliphatic carbocycles. The molecular formula is C13H8N2O2. The first kappa shape index (κ1) is 9.84. The maximum Gasteiger partial charge on any atom is 0.178 e. The quantitative estimate of drug-likeness (QED) is 0.691. The molecule has 1 heterocycles. The Labute approximate surface area is 97.3 Å². The zero-order valence-electron chi connectivity index (χ0n) is 8.83. The van der Waals surface area contributed by atoms with Crippen LogP contribution in [-0.2, 0) is 0 Å². The molecule has 0 spiro atoms. The van der Waals surface area contributed by atoms with Crippen molar-refractivity contribution in [3.8, 4) is 0 Å². The summed E-state index contributed by atoms with van der Waals surface area (Å²) >= 11 is 0. The first-order valence-corrected chi connectivity index (χ1v) is 5.21. The molecule has 17 heavy (non-hydrogen) atoms. The molecule has 2 aromatic rings. The van der Waals surface area contributed by atoms with E-state index < -0.39 is 5.92 Å². The van der Waals surface area contributed by atoms with Gasteiger partial charge in [-0.1, -0.05) is 24.3 Å². The third kappa shape index (κ3) is 1.38. The van der Waals surface area contributed by atoms with E-state index in [1.807, 2.05) is 0 Å². The van der Waals surface area contributed by atoms with Gasteiger partial charge in [-0.3, -0.25) is 9.59 Å². The highest BCUT2D eigenvalue weighted by atomic mass is 16.2. The number of rotatable bonds is 1. The van der Waals surface area contributed by atoms with Crippen molar-refractivity contribution in [2.45, 2.75) is 5.92 Å². The van der Waals surface area contributed by atoms with E-state index in [0.29, 0.717) is 16.7 Å². The smallest absolute Gasteiger partial charge is 0.178 e. The van der Waals surface area contributed by atoms with E-state index >= 15 is 0 Å². The number of aromatic nitrogens is 2. The average molecular weight is 224 g/mol. The first-order chi connectivity index (χ1) is 8.29. The molecule has 0 N–H and O–H groups in total. The molecule has 82 valence electrons. The van der Waals surface area contributed by atoms with Crippen LogP contribution in [0.1, 0.15) is 32.2 Å². The lowest BCUT2D eigenvalue weighted by Crippen LogP contribution is -2.13. The Morgan fingerprint density at radius 3 is 1.94 bits per heavy atom. The fourth-order valence-electron chi connectivity index (χ4n) is 2.11. The van der Waals surface area contributed by atoms with E-state index in [-0.39, 0.29) is 11.6 Å². The van der Waals surface area contributed by atoms with Crippen LogP contribution in [0.5, 0.6) is 0 Å². The van der Waals surface area contributed by atoms with Crippen molar-refractivity contribution in [2.75, 3.05) is 0 Å². The predicted molar refractivity (Wildman–Crippen MR) is 59.9 cm³/mol. The van der Waals surface area contributed by atoms with Crippen LogP contribution >= 0.6 is 0 Å². The van der Waals surface area contributed by atoms with Gasteiger partial charge in [-0.25, -0.2) is 9.97 Å². The van der Waals surface area contributed by atoms with Gasteiger partial charge in [-0.15, -0.1) is 0 Å². The highest BCUT2D eigenvalue weighted by Crippen LogP contribution is 2.32. The summed E-state index contributed by atoms with van der Waals surface area (Å²) in [7, 11) is 0. The lowest BCUT2D eigenvalue weighted by molar-refractivity contribution is 0.0889. The van der Waals surface area contributed by atoms with E-state index in [2.05, 4.69) is 9.97 Å². The van der Waals surface area contributed by atoms with Crippen molar-refractivity contribution < 1.29 is 9.59 Å². The van der Waals surface area contributed by atoms with Crippen LogP contribution < -0.4 is 0 Å². The molecular weight excluding hydrogens is 216 g/mol. The number of fused-ring (bicyclic) bond motifs is 1. The zero-order valence-corrected chi connectivity index (χ0v) is 8.83. The summed E-state index contributed by atoms with van der Waals surface area (Å²) < 4.78 is 0. The van der Waals surface area contributed by atoms with Gasteiger partial charge in [-0.05, 0) is 0 Å². The van der Waals surface area contributed by atoms with Gasteiger partial charge in [0.1, 0.15) is 12.2 Å². The summed E-state index contributed by atoms with van der Waals surface area (Å²) in [5.41, 5.74) is 1.54. The maximum absolute atomic E-state index is 12.1. The van der Waals surface area contributed by atoms with Crippen LogP contribution in [0.25, 0.3) is 0 Å². The minimum atomic E-state index is -0.770. The lowest BCUT2D eigenvalue weighted by Gasteiger charge is -2.04. The van der Waals surface area contributed by atoms with Crippen molar-refractivity contribution in [3.63, 3.8) is 0 Å². The van der Waals surface area contributed by atoms with Gasteiger partial charge in [0, 0.05) is 29.1 Å². The molecule has 0 amide bonds. The second-order valence-electron chi connectivity index (χ2n) is 3.88. The number of ketones is 2. The molecule has 0 bridgehead atoms. The molecule has 0 atom stereocenters. The second kappa shape index (κ2) is 3.59. The molecule has 4 heteroatoms. The minimum Gasteiger partial charge on any atom is -0.293 e. The SMILES string of the molecule is O=C1c2ccccc2C(=O)C1c1cncnc1. The Kier molecular flexibility index (Phi) is 2.08. The number of carbonyl (C=O) groups is 2. The molecule has 0 radical (unpaired) electrons. The molecule has 1 aromatic carbocycles. The zero-order chi connectivity index (χ0) is 11.8. The summed E-state index contributed by atoms with van der Waals surface area (Å²) in [6.45, 7) is 0. The van der Waals surface area contributed by atoms with Gasteiger partial charge in [-0.2, -0.15) is 0 Å². The number of Topliss-reactive ketones (excluding diaryl/α,β-unsaturated/α-hetero) is 2. The monoisotopic (exact) mass is 224 g/mol. The van der Waals surface area contributed by atoms with Crippen LogP contribution in [0, 0.1) is 0 Å². The Morgan fingerprint density at radius 1 is 0.882 bits per heavy atom. The molecule has 0 unspecified atom stereocenters. The van der Waals surface area contributed by atoms with Gasteiger partial charge in [0.05, 0.1) is 0 Å². The first-order valence-electron chi connectivity index (χ1n) is 5.21. The second-order valence-corrected chi connectivity index (χ2v) is 3.88. The van der Waals surface area contributed by atoms with Gasteiger partial charge in [0.25, 0.3) is 0 Å². The third-order valence-electron chi connectivity index (χ3n) is 2.90. The number of hydrogen-bond donors (Lipinski definition) is 0. The van der Waals surface area contributed by atoms with Crippen molar-refractivity contribution in [1.29, 1.82) is 0 Å². The Hall–Kier alpha value is -2.36. The van der Waals surface area contributed by atoms with Crippen molar-refractivity contribution in [3.05, 3.63) is 59.7 Å². The molecule has 0 saturated carbocycles. The lowest BCUT2D eigenvalue weighted by atomic mass is 9.97. The predicted octanol–water partition coefficient (Wildman–Crippen LogP) is 1.64. The summed E-state index contributed by atoms with van der Waals surface area (Å²) in [4.78, 5) is 32.0. The topological polar surface area (TPSA) is 59.9 Å². The average Bonchev–Trinajstić information content (AvgIpc) is 2.64. The van der Waals surface area contributed by atoms with Crippen molar-refractivity contribution in [1.82, 2.24) is 9.97 Å². The van der Waals surface area contributed by atoms with Crippen LogP contribution in [0.2, 0.25) is 0 Å². The van der Waals surface area contributed by atoms with E-state index in [1.165, 1.54) is 18.7 Å². The van der Waals surface area contributed by atoms with Gasteiger partial charge in [0.2, 0.25) is 0 Å². The summed E-state index contributed by atoms with van der Waals surface area (Å²) in [5.74, 6) is -1.10. The minimum absolute atomic E-state index is 0.166. The van der Waals surface area contributed by atoms with Crippen LogP contribution in [0.4, 0.5) is 0 Å². The van der Waals surface area contributed by atoms with Gasteiger partial charge in [0.15, 0.2) is 11.6 Å². The number of hydrogen-bond acceptors (Lipinski definition) is 4. The fraction of sp³-hybridized carbons (Fsp3) is 0.0769. The van der Waals surface area contributed by atoms with Crippen molar-refractivity contribution in [2.24, 2.45) is 0 Å². The summed E-state index contributed by atoms with van der Waals surface area (Å²) in [6, 6.07) is 6.88. The molecule has 0 aliphatic heterocycles. The molecule has 3 rings (SSSR count). The fourth-order valence-corrected chi connectivity index (χ4v) is 2.11. The Bertz CT molecular complexity index is 573. The summed E-state index contributed by atoms with van der Waals surface area (Å²) in [6.07, 6.45) is 4.40. The normalized spacial score (nSPS) is 15.1. The van der Waals surface area contributed by atoms with Crippen molar-refractivity contribution >= 4 is 11.6 Å². The van der Waals surface area contributed by atoms with E-state index in [9.17, 15) is 9.59 Å². The maximum atomic E-state index is 12.1. The molecule has 4 nitrogen and oxygen atoms in total. The van der Waals surface area contributed by atoms with Crippen LogP contribution in [-0.4, -0.2) is 21.5 Å².